The lowest BCUT2D eigenvalue weighted by Crippen LogP contribution is -2.22. The molecule has 0 radical (unpaired) electrons. The van der Waals surface area contributed by atoms with Crippen LogP contribution in [0.25, 0.3) is 11.0 Å². The van der Waals surface area contributed by atoms with Crippen LogP contribution >= 0.6 is 0 Å². The van der Waals surface area contributed by atoms with Gasteiger partial charge in [0.15, 0.2) is 0 Å². The maximum absolute atomic E-state index is 6.06. The first-order valence-electron chi connectivity index (χ1n) is 6.75. The van der Waals surface area contributed by atoms with Crippen LogP contribution in [-0.2, 0) is 11.3 Å². The largest absolute Gasteiger partial charge is 0.497 e. The second-order valence-corrected chi connectivity index (χ2v) is 5.82. The minimum absolute atomic E-state index is 0.0949. The molecule has 0 amide bonds. The number of rotatable bonds is 6. The van der Waals surface area contributed by atoms with Crippen LogP contribution in [0.5, 0.6) is 5.75 Å². The lowest BCUT2D eigenvalue weighted by atomic mass is 9.89. The predicted octanol–water partition coefficient (Wildman–Crippen LogP) is 2.69. The van der Waals surface area contributed by atoms with Crippen LogP contribution < -0.4 is 10.5 Å². The molecule has 0 aliphatic carbocycles. The highest BCUT2D eigenvalue weighted by molar-refractivity contribution is 5.79. The molecule has 2 rings (SSSR count). The van der Waals surface area contributed by atoms with Gasteiger partial charge in [-0.25, -0.2) is 4.98 Å². The molecular weight excluding hydrogens is 254 g/mol. The number of imidazole rings is 1. The Morgan fingerprint density at radius 1 is 1.30 bits per heavy atom. The van der Waals surface area contributed by atoms with E-state index < -0.39 is 0 Å². The van der Waals surface area contributed by atoms with Crippen molar-refractivity contribution in [1.29, 1.82) is 0 Å². The molecule has 0 spiro atoms. The Kier molecular flexibility index (Phi) is 4.18. The second kappa shape index (κ2) is 5.71. The number of hydrogen-bond acceptors (Lipinski definition) is 4. The van der Waals surface area contributed by atoms with Crippen molar-refractivity contribution in [2.75, 3.05) is 26.6 Å². The van der Waals surface area contributed by atoms with Gasteiger partial charge in [0.2, 0.25) is 5.95 Å². The molecule has 110 valence electrons. The molecule has 2 aromatic rings. The number of anilines is 1. The van der Waals surface area contributed by atoms with E-state index in [1.807, 2.05) is 18.2 Å². The molecule has 0 atom stereocenters. The molecule has 0 aliphatic heterocycles. The summed E-state index contributed by atoms with van der Waals surface area (Å²) in [5, 5.41) is 0. The number of benzene rings is 1. The van der Waals surface area contributed by atoms with E-state index >= 15 is 0 Å². The topological polar surface area (TPSA) is 62.3 Å². The van der Waals surface area contributed by atoms with Gasteiger partial charge in [-0.2, -0.15) is 0 Å². The van der Waals surface area contributed by atoms with Gasteiger partial charge < -0.3 is 19.8 Å². The van der Waals surface area contributed by atoms with Gasteiger partial charge >= 0.3 is 0 Å². The molecule has 0 bridgehead atoms. The molecule has 2 N–H and O–H groups in total. The van der Waals surface area contributed by atoms with Crippen molar-refractivity contribution in [3.8, 4) is 5.75 Å². The van der Waals surface area contributed by atoms with Crippen molar-refractivity contribution in [1.82, 2.24) is 9.55 Å². The Hall–Kier alpha value is -1.75. The third-order valence-corrected chi connectivity index (χ3v) is 3.55. The fraction of sp³-hybridized carbons (Fsp3) is 0.533. The number of hydrogen-bond donors (Lipinski definition) is 1. The summed E-state index contributed by atoms with van der Waals surface area (Å²) in [6, 6.07) is 5.84. The Bertz CT molecular complexity index is 590. The zero-order valence-electron chi connectivity index (χ0n) is 12.6. The maximum atomic E-state index is 6.06. The third kappa shape index (κ3) is 3.04. The summed E-state index contributed by atoms with van der Waals surface area (Å²) in [4.78, 5) is 4.42. The van der Waals surface area contributed by atoms with Crippen LogP contribution in [0.1, 0.15) is 20.3 Å². The molecule has 1 heterocycles. The van der Waals surface area contributed by atoms with Crippen molar-refractivity contribution in [2.24, 2.45) is 5.41 Å². The number of methoxy groups -OCH3 is 2. The van der Waals surface area contributed by atoms with Crippen LogP contribution in [0.15, 0.2) is 18.2 Å². The first-order valence-corrected chi connectivity index (χ1v) is 6.75. The van der Waals surface area contributed by atoms with Crippen molar-refractivity contribution < 1.29 is 9.47 Å². The number of aromatic nitrogens is 2. The lowest BCUT2D eigenvalue weighted by Gasteiger charge is -2.25. The van der Waals surface area contributed by atoms with Crippen molar-refractivity contribution in [3.63, 3.8) is 0 Å². The predicted molar refractivity (Wildman–Crippen MR) is 81.0 cm³/mol. The van der Waals surface area contributed by atoms with Gasteiger partial charge in [-0.1, -0.05) is 13.8 Å². The van der Waals surface area contributed by atoms with Gasteiger partial charge in [-0.05, 0) is 24.0 Å². The number of fused-ring (bicyclic) bond motifs is 1. The minimum atomic E-state index is 0.0949. The minimum Gasteiger partial charge on any atom is -0.497 e. The fourth-order valence-corrected chi connectivity index (χ4v) is 2.31. The number of nitrogen functional groups attached to an aromatic ring is 1. The number of nitrogens with two attached hydrogens (primary N) is 1. The van der Waals surface area contributed by atoms with Gasteiger partial charge in [-0.3, -0.25) is 0 Å². The average molecular weight is 277 g/mol. The fourth-order valence-electron chi connectivity index (χ4n) is 2.31. The molecule has 5 nitrogen and oxygen atoms in total. The van der Waals surface area contributed by atoms with E-state index in [0.29, 0.717) is 5.95 Å². The van der Waals surface area contributed by atoms with E-state index in [2.05, 4.69) is 23.4 Å². The molecule has 1 aromatic heterocycles. The van der Waals surface area contributed by atoms with Crippen molar-refractivity contribution in [2.45, 2.75) is 26.8 Å². The van der Waals surface area contributed by atoms with E-state index in [9.17, 15) is 0 Å². The summed E-state index contributed by atoms with van der Waals surface area (Å²) in [5.74, 6) is 1.33. The van der Waals surface area contributed by atoms with Crippen molar-refractivity contribution >= 4 is 17.0 Å². The van der Waals surface area contributed by atoms with E-state index in [4.69, 9.17) is 15.2 Å². The number of nitrogens with zero attached hydrogens (tertiary/aromatic N) is 2. The standard InChI is InChI=1S/C15H23N3O2/c1-15(2,7-8-19-3)10-18-13-6-5-11(20-4)9-12(13)17-14(18)16/h5-6,9H,7-8,10H2,1-4H3,(H2,16,17). The van der Waals surface area contributed by atoms with Crippen LogP contribution in [-0.4, -0.2) is 30.4 Å². The maximum Gasteiger partial charge on any atom is 0.201 e. The summed E-state index contributed by atoms with van der Waals surface area (Å²) in [6.07, 6.45) is 0.971. The summed E-state index contributed by atoms with van der Waals surface area (Å²) in [7, 11) is 3.37. The summed E-state index contributed by atoms with van der Waals surface area (Å²) in [6.45, 7) is 5.97. The molecule has 0 aliphatic rings. The highest BCUT2D eigenvalue weighted by Gasteiger charge is 2.21. The molecule has 20 heavy (non-hydrogen) atoms. The second-order valence-electron chi connectivity index (χ2n) is 5.82. The molecule has 0 saturated carbocycles. The summed E-state index contributed by atoms with van der Waals surface area (Å²) in [5.41, 5.74) is 8.06. The summed E-state index contributed by atoms with van der Waals surface area (Å²) < 4.78 is 12.5. The normalized spacial score (nSPS) is 12.0. The van der Waals surface area contributed by atoms with Crippen LogP contribution in [0, 0.1) is 5.41 Å². The van der Waals surface area contributed by atoms with Gasteiger partial charge in [0, 0.05) is 26.3 Å². The third-order valence-electron chi connectivity index (χ3n) is 3.55. The zero-order valence-corrected chi connectivity index (χ0v) is 12.6. The molecular formula is C15H23N3O2. The van der Waals surface area contributed by atoms with E-state index in [1.165, 1.54) is 0 Å². The molecule has 0 unspecified atom stereocenters. The van der Waals surface area contributed by atoms with Gasteiger partial charge in [0.05, 0.1) is 18.1 Å². The quantitative estimate of drug-likeness (QED) is 0.881. The monoisotopic (exact) mass is 277 g/mol. The van der Waals surface area contributed by atoms with Crippen molar-refractivity contribution in [3.05, 3.63) is 18.2 Å². The van der Waals surface area contributed by atoms with Gasteiger partial charge in [0.1, 0.15) is 5.75 Å². The van der Waals surface area contributed by atoms with E-state index in [0.717, 1.165) is 36.4 Å². The average Bonchev–Trinajstić information content (AvgIpc) is 2.71. The highest BCUT2D eigenvalue weighted by atomic mass is 16.5. The Morgan fingerprint density at radius 3 is 2.70 bits per heavy atom. The first kappa shape index (κ1) is 14.7. The Morgan fingerprint density at radius 2 is 2.05 bits per heavy atom. The SMILES string of the molecule is COCCC(C)(C)Cn1c(N)nc2cc(OC)ccc21. The zero-order chi connectivity index (χ0) is 14.8. The van der Waals surface area contributed by atoms with Crippen LogP contribution in [0.4, 0.5) is 5.95 Å². The highest BCUT2D eigenvalue weighted by Crippen LogP contribution is 2.29. The smallest absolute Gasteiger partial charge is 0.201 e. The number of ether oxygens (including phenoxy) is 2. The molecule has 0 saturated heterocycles. The lowest BCUT2D eigenvalue weighted by molar-refractivity contribution is 0.143. The van der Waals surface area contributed by atoms with Crippen LogP contribution in [0.3, 0.4) is 0 Å². The summed E-state index contributed by atoms with van der Waals surface area (Å²) >= 11 is 0. The first-order chi connectivity index (χ1) is 9.46. The molecule has 5 heteroatoms. The molecule has 0 fully saturated rings. The van der Waals surface area contributed by atoms with E-state index in [1.54, 1.807) is 14.2 Å². The molecule has 1 aromatic carbocycles. The van der Waals surface area contributed by atoms with Gasteiger partial charge in [0.25, 0.3) is 0 Å². The Balaban J connectivity index is 2.32. The van der Waals surface area contributed by atoms with Gasteiger partial charge in [-0.15, -0.1) is 0 Å². The van der Waals surface area contributed by atoms with Crippen LogP contribution in [0.2, 0.25) is 0 Å². The van der Waals surface area contributed by atoms with E-state index in [-0.39, 0.29) is 5.41 Å². The Labute approximate surface area is 119 Å².